The van der Waals surface area contributed by atoms with Gasteiger partial charge in [0.2, 0.25) is 0 Å². The van der Waals surface area contributed by atoms with Crippen molar-refractivity contribution in [3.8, 4) is 0 Å². The molecule has 0 heterocycles. The highest BCUT2D eigenvalue weighted by molar-refractivity contribution is 5.53. The van der Waals surface area contributed by atoms with E-state index in [0.29, 0.717) is 12.6 Å². The first kappa shape index (κ1) is 15.9. The Bertz CT molecular complexity index is 382. The summed E-state index contributed by atoms with van der Waals surface area (Å²) < 4.78 is 18.4. The second-order valence-electron chi connectivity index (χ2n) is 5.08. The summed E-state index contributed by atoms with van der Waals surface area (Å²) in [6.45, 7) is 6.49. The molecule has 3 nitrogen and oxygen atoms in total. The molecule has 4 heteroatoms. The van der Waals surface area contributed by atoms with Crippen molar-refractivity contribution in [2.24, 2.45) is 0 Å². The summed E-state index contributed by atoms with van der Waals surface area (Å²) in [5.74, 6) is -0.186. The second-order valence-corrected chi connectivity index (χ2v) is 5.08. The Morgan fingerprint density at radius 2 is 2.11 bits per heavy atom. The predicted molar refractivity (Wildman–Crippen MR) is 78.1 cm³/mol. The molecule has 1 rings (SSSR count). The zero-order valence-electron chi connectivity index (χ0n) is 12.4. The number of halogens is 1. The smallest absolute Gasteiger partial charge is 0.123 e. The third-order valence-corrected chi connectivity index (χ3v) is 3.00. The van der Waals surface area contributed by atoms with Gasteiger partial charge in [0, 0.05) is 45.6 Å². The van der Waals surface area contributed by atoms with Gasteiger partial charge in [-0.25, -0.2) is 4.39 Å². The summed E-state index contributed by atoms with van der Waals surface area (Å²) in [6.07, 6.45) is 0.960. The highest BCUT2D eigenvalue weighted by Gasteiger charge is 2.09. The van der Waals surface area contributed by atoms with Gasteiger partial charge in [0.25, 0.3) is 0 Å². The second kappa shape index (κ2) is 8.12. The van der Waals surface area contributed by atoms with Crippen LogP contribution < -0.4 is 10.2 Å². The first-order valence-electron chi connectivity index (χ1n) is 6.76. The zero-order valence-corrected chi connectivity index (χ0v) is 12.4. The molecular weight excluding hydrogens is 243 g/mol. The van der Waals surface area contributed by atoms with Crippen LogP contribution in [0.2, 0.25) is 0 Å². The van der Waals surface area contributed by atoms with E-state index in [1.54, 1.807) is 13.2 Å². The Hall–Kier alpha value is -1.13. The monoisotopic (exact) mass is 268 g/mol. The van der Waals surface area contributed by atoms with Crippen LogP contribution in [0.25, 0.3) is 0 Å². The molecule has 0 bridgehead atoms. The molecule has 0 atom stereocenters. The molecule has 0 fully saturated rings. The van der Waals surface area contributed by atoms with E-state index in [-0.39, 0.29) is 5.82 Å². The van der Waals surface area contributed by atoms with E-state index in [4.69, 9.17) is 4.74 Å². The molecule has 0 aliphatic rings. The van der Waals surface area contributed by atoms with Gasteiger partial charge in [-0.2, -0.15) is 0 Å². The fourth-order valence-corrected chi connectivity index (χ4v) is 1.95. The maximum atomic E-state index is 13.4. The van der Waals surface area contributed by atoms with Crippen molar-refractivity contribution in [2.75, 3.05) is 32.2 Å². The highest BCUT2D eigenvalue weighted by Crippen LogP contribution is 2.21. The normalized spacial score (nSPS) is 11.1. The number of nitrogens with zero attached hydrogens (tertiary/aromatic N) is 1. The van der Waals surface area contributed by atoms with E-state index >= 15 is 0 Å². The highest BCUT2D eigenvalue weighted by atomic mass is 19.1. The molecule has 0 aliphatic heterocycles. The minimum absolute atomic E-state index is 0.186. The van der Waals surface area contributed by atoms with Crippen molar-refractivity contribution in [3.05, 3.63) is 29.6 Å². The summed E-state index contributed by atoms with van der Waals surface area (Å²) in [5, 5.41) is 3.33. The van der Waals surface area contributed by atoms with Crippen LogP contribution in [0.1, 0.15) is 25.8 Å². The van der Waals surface area contributed by atoms with Gasteiger partial charge in [-0.1, -0.05) is 13.8 Å². The lowest BCUT2D eigenvalue weighted by Crippen LogP contribution is -2.25. The van der Waals surface area contributed by atoms with Gasteiger partial charge in [0.1, 0.15) is 5.82 Å². The summed E-state index contributed by atoms with van der Waals surface area (Å²) in [6, 6.07) is 5.35. The largest absolute Gasteiger partial charge is 0.385 e. The summed E-state index contributed by atoms with van der Waals surface area (Å²) in [7, 11) is 3.73. The molecule has 0 saturated carbocycles. The first-order valence-corrected chi connectivity index (χ1v) is 6.76. The van der Waals surface area contributed by atoms with Crippen LogP contribution in [-0.4, -0.2) is 33.4 Å². The van der Waals surface area contributed by atoms with Crippen LogP contribution in [0.5, 0.6) is 0 Å². The Labute approximate surface area is 115 Å². The Balaban J connectivity index is 2.74. The molecule has 0 amide bonds. The minimum atomic E-state index is -0.186. The van der Waals surface area contributed by atoms with Crippen LogP contribution in [0.3, 0.4) is 0 Å². The van der Waals surface area contributed by atoms with Crippen LogP contribution in [-0.2, 0) is 11.3 Å². The average Bonchev–Trinajstić information content (AvgIpc) is 2.36. The minimum Gasteiger partial charge on any atom is -0.385 e. The van der Waals surface area contributed by atoms with Crippen molar-refractivity contribution in [1.82, 2.24) is 5.32 Å². The molecule has 0 unspecified atom stereocenters. The summed E-state index contributed by atoms with van der Waals surface area (Å²) in [5.41, 5.74) is 2.07. The fraction of sp³-hybridized carbons (Fsp3) is 0.600. The summed E-state index contributed by atoms with van der Waals surface area (Å²) in [4.78, 5) is 2.15. The third kappa shape index (κ3) is 5.57. The topological polar surface area (TPSA) is 24.5 Å². The number of rotatable bonds is 8. The zero-order chi connectivity index (χ0) is 14.3. The van der Waals surface area contributed by atoms with E-state index in [2.05, 4.69) is 24.1 Å². The van der Waals surface area contributed by atoms with Crippen molar-refractivity contribution >= 4 is 5.69 Å². The van der Waals surface area contributed by atoms with E-state index in [1.807, 2.05) is 13.1 Å². The molecule has 19 heavy (non-hydrogen) atoms. The molecule has 108 valence electrons. The van der Waals surface area contributed by atoms with Crippen LogP contribution in [0.4, 0.5) is 10.1 Å². The third-order valence-electron chi connectivity index (χ3n) is 3.00. The van der Waals surface area contributed by atoms with Crippen molar-refractivity contribution in [3.63, 3.8) is 0 Å². The number of hydrogen-bond acceptors (Lipinski definition) is 3. The van der Waals surface area contributed by atoms with Gasteiger partial charge < -0.3 is 15.0 Å². The van der Waals surface area contributed by atoms with Crippen LogP contribution in [0, 0.1) is 5.82 Å². The fourth-order valence-electron chi connectivity index (χ4n) is 1.95. The molecular formula is C15H25FN2O. The maximum Gasteiger partial charge on any atom is 0.123 e. The van der Waals surface area contributed by atoms with Crippen molar-refractivity contribution < 1.29 is 9.13 Å². The number of nitrogens with one attached hydrogen (secondary N) is 1. The van der Waals surface area contributed by atoms with E-state index in [1.165, 1.54) is 6.07 Å². The number of benzene rings is 1. The Morgan fingerprint density at radius 1 is 1.37 bits per heavy atom. The van der Waals surface area contributed by atoms with E-state index in [0.717, 1.165) is 30.8 Å². The molecule has 0 aliphatic carbocycles. The number of hydrogen-bond donors (Lipinski definition) is 1. The standard InChI is InChI=1S/C15H25FN2O/c1-12(2)17-11-13-10-14(16)6-7-15(13)18(3)8-5-9-19-4/h6-7,10,12,17H,5,8-9,11H2,1-4H3. The van der Waals surface area contributed by atoms with Crippen molar-refractivity contribution in [2.45, 2.75) is 32.9 Å². The molecule has 0 radical (unpaired) electrons. The quantitative estimate of drug-likeness (QED) is 0.734. The summed E-state index contributed by atoms with van der Waals surface area (Å²) >= 11 is 0. The van der Waals surface area contributed by atoms with Gasteiger partial charge in [0.05, 0.1) is 0 Å². The lowest BCUT2D eigenvalue weighted by molar-refractivity contribution is 0.196. The molecule has 0 spiro atoms. The van der Waals surface area contributed by atoms with Gasteiger partial charge in [0.15, 0.2) is 0 Å². The number of anilines is 1. The number of ether oxygens (including phenoxy) is 1. The molecule has 0 aromatic heterocycles. The van der Waals surface area contributed by atoms with Gasteiger partial charge >= 0.3 is 0 Å². The van der Waals surface area contributed by atoms with Gasteiger partial charge in [-0.15, -0.1) is 0 Å². The molecule has 1 aromatic rings. The molecule has 1 N–H and O–H groups in total. The lowest BCUT2D eigenvalue weighted by Gasteiger charge is -2.23. The van der Waals surface area contributed by atoms with Crippen LogP contribution in [0.15, 0.2) is 18.2 Å². The Kier molecular flexibility index (Phi) is 6.81. The van der Waals surface area contributed by atoms with E-state index in [9.17, 15) is 4.39 Å². The molecule has 0 saturated heterocycles. The average molecular weight is 268 g/mol. The predicted octanol–water partition coefficient (Wildman–Crippen LogP) is 2.80. The van der Waals surface area contributed by atoms with Crippen molar-refractivity contribution in [1.29, 1.82) is 0 Å². The van der Waals surface area contributed by atoms with E-state index < -0.39 is 0 Å². The van der Waals surface area contributed by atoms with Gasteiger partial charge in [-0.05, 0) is 30.2 Å². The maximum absolute atomic E-state index is 13.4. The lowest BCUT2D eigenvalue weighted by atomic mass is 10.1. The Morgan fingerprint density at radius 3 is 2.74 bits per heavy atom. The van der Waals surface area contributed by atoms with Crippen LogP contribution >= 0.6 is 0 Å². The SMILES string of the molecule is COCCCN(C)c1ccc(F)cc1CNC(C)C. The molecule has 1 aromatic carbocycles. The first-order chi connectivity index (χ1) is 9.04. The van der Waals surface area contributed by atoms with Gasteiger partial charge in [-0.3, -0.25) is 0 Å². The number of methoxy groups -OCH3 is 1.